The Morgan fingerprint density at radius 1 is 1.07 bits per heavy atom. The molecule has 158 valence electrons. The topological polar surface area (TPSA) is 53.6 Å². The lowest BCUT2D eigenvalue weighted by molar-refractivity contribution is 0.0935. The Labute approximate surface area is 182 Å². The fourth-order valence-electron chi connectivity index (χ4n) is 3.21. The molecule has 0 bridgehead atoms. The highest BCUT2D eigenvalue weighted by molar-refractivity contribution is 7.10. The number of rotatable bonds is 10. The van der Waals surface area contributed by atoms with Crippen molar-refractivity contribution in [3.8, 4) is 16.9 Å². The van der Waals surface area contributed by atoms with Gasteiger partial charge < -0.3 is 15.4 Å². The first-order valence-corrected chi connectivity index (χ1v) is 10.9. The third-order valence-corrected chi connectivity index (χ3v) is 5.64. The van der Waals surface area contributed by atoms with Crippen LogP contribution in [-0.4, -0.2) is 45.2 Å². The average Bonchev–Trinajstić information content (AvgIpc) is 3.30. The van der Waals surface area contributed by atoms with E-state index in [1.54, 1.807) is 11.3 Å². The van der Waals surface area contributed by atoms with Crippen LogP contribution >= 0.6 is 11.3 Å². The number of thiophene rings is 1. The molecule has 6 heteroatoms. The van der Waals surface area contributed by atoms with E-state index in [1.165, 1.54) is 4.88 Å². The number of carbonyl (C=O) groups is 1. The molecule has 0 saturated carbocycles. The summed E-state index contributed by atoms with van der Waals surface area (Å²) in [6.45, 7) is 1.31. The van der Waals surface area contributed by atoms with Crippen LogP contribution in [0.3, 0.4) is 0 Å². The quantitative estimate of drug-likeness (QED) is 0.475. The second-order valence-corrected chi connectivity index (χ2v) is 8.28. The summed E-state index contributed by atoms with van der Waals surface area (Å²) < 4.78 is 6.54. The van der Waals surface area contributed by atoms with Crippen molar-refractivity contribution in [3.05, 3.63) is 76.5 Å². The average molecular weight is 424 g/mol. The molecule has 1 heterocycles. The van der Waals surface area contributed by atoms with Crippen molar-refractivity contribution in [3.63, 3.8) is 0 Å². The molecular formula is C24H29N3O2S. The van der Waals surface area contributed by atoms with Gasteiger partial charge in [0.2, 0.25) is 0 Å². The van der Waals surface area contributed by atoms with E-state index in [9.17, 15) is 4.79 Å². The second kappa shape index (κ2) is 10.9. The van der Waals surface area contributed by atoms with Crippen molar-refractivity contribution in [2.45, 2.75) is 12.5 Å². The van der Waals surface area contributed by atoms with Crippen LogP contribution < -0.4 is 15.4 Å². The minimum absolute atomic E-state index is 0.0833. The summed E-state index contributed by atoms with van der Waals surface area (Å²) in [7, 11) is 5.78. The Morgan fingerprint density at radius 2 is 1.87 bits per heavy atom. The van der Waals surface area contributed by atoms with Gasteiger partial charge in [-0.1, -0.05) is 42.5 Å². The fraction of sp³-hybridized carbons (Fsp3) is 0.292. The minimum Gasteiger partial charge on any atom is -0.484 e. The normalized spacial score (nSPS) is 12.0. The largest absolute Gasteiger partial charge is 0.484 e. The summed E-state index contributed by atoms with van der Waals surface area (Å²) in [5.41, 5.74) is 2.39. The molecule has 2 aromatic carbocycles. The van der Waals surface area contributed by atoms with E-state index in [0.29, 0.717) is 18.0 Å². The van der Waals surface area contributed by atoms with Gasteiger partial charge >= 0.3 is 0 Å². The molecule has 2 N–H and O–H groups in total. The highest BCUT2D eigenvalue weighted by Gasteiger charge is 2.21. The number of nitrogens with zero attached hydrogens (tertiary/aromatic N) is 1. The van der Waals surface area contributed by atoms with Gasteiger partial charge in [0.1, 0.15) is 11.9 Å². The molecular weight excluding hydrogens is 394 g/mol. The summed E-state index contributed by atoms with van der Waals surface area (Å²) in [6, 6.07) is 19.8. The molecule has 1 unspecified atom stereocenters. The molecule has 3 rings (SSSR count). The van der Waals surface area contributed by atoms with Gasteiger partial charge in [-0.2, -0.15) is 0 Å². The van der Waals surface area contributed by atoms with Crippen molar-refractivity contribution in [2.75, 3.05) is 34.4 Å². The molecule has 0 spiro atoms. The molecule has 3 aromatic rings. The monoisotopic (exact) mass is 423 g/mol. The van der Waals surface area contributed by atoms with Gasteiger partial charge in [-0.25, -0.2) is 0 Å². The van der Waals surface area contributed by atoms with Crippen molar-refractivity contribution in [1.29, 1.82) is 0 Å². The van der Waals surface area contributed by atoms with Crippen LogP contribution in [0.15, 0.2) is 66.0 Å². The van der Waals surface area contributed by atoms with E-state index in [2.05, 4.69) is 22.1 Å². The SMILES string of the molecule is CNCCC(Oc1cccc(C(=O)NCN(C)C)c1-c1ccccc1)c1cccs1. The maximum atomic E-state index is 13.0. The summed E-state index contributed by atoms with van der Waals surface area (Å²) in [4.78, 5) is 16.1. The molecule has 0 aliphatic heterocycles. The first-order valence-electron chi connectivity index (χ1n) is 10.1. The van der Waals surface area contributed by atoms with Crippen LogP contribution in [0.5, 0.6) is 5.75 Å². The Morgan fingerprint density at radius 3 is 2.53 bits per heavy atom. The molecule has 0 aliphatic rings. The molecule has 0 saturated heterocycles. The number of hydrogen-bond acceptors (Lipinski definition) is 5. The summed E-state index contributed by atoms with van der Waals surface area (Å²) in [6.07, 6.45) is 0.752. The van der Waals surface area contributed by atoms with Crippen LogP contribution in [0.25, 0.3) is 11.1 Å². The standard InChI is InChI=1S/C24H29N3O2S/c1-25-15-14-20(22-13-8-16-30-22)29-21-12-7-11-19(24(28)26-17-27(2)3)23(21)18-9-5-4-6-10-18/h4-13,16,20,25H,14-15,17H2,1-3H3,(H,26,28). The summed E-state index contributed by atoms with van der Waals surface area (Å²) >= 11 is 1.69. The Hall–Kier alpha value is -2.67. The molecule has 5 nitrogen and oxygen atoms in total. The first kappa shape index (κ1) is 22.0. The van der Waals surface area contributed by atoms with E-state index >= 15 is 0 Å². The van der Waals surface area contributed by atoms with Crippen molar-refractivity contribution >= 4 is 17.2 Å². The second-order valence-electron chi connectivity index (χ2n) is 7.30. The van der Waals surface area contributed by atoms with E-state index in [1.807, 2.05) is 80.6 Å². The Balaban J connectivity index is 2.00. The Bertz CT molecular complexity index is 927. The zero-order valence-electron chi connectivity index (χ0n) is 17.7. The zero-order valence-corrected chi connectivity index (χ0v) is 18.5. The number of nitrogens with one attached hydrogen (secondary N) is 2. The lowest BCUT2D eigenvalue weighted by Gasteiger charge is -2.22. The van der Waals surface area contributed by atoms with Crippen molar-refractivity contribution in [2.24, 2.45) is 0 Å². The number of benzene rings is 2. The lowest BCUT2D eigenvalue weighted by atomic mass is 9.97. The van der Waals surface area contributed by atoms with E-state index in [4.69, 9.17) is 4.74 Å². The van der Waals surface area contributed by atoms with Crippen LogP contribution in [0.4, 0.5) is 0 Å². The first-order chi connectivity index (χ1) is 14.6. The van der Waals surface area contributed by atoms with E-state index < -0.39 is 0 Å². The molecule has 0 radical (unpaired) electrons. The van der Waals surface area contributed by atoms with Gasteiger partial charge in [0.05, 0.1) is 12.2 Å². The number of amides is 1. The van der Waals surface area contributed by atoms with Gasteiger partial charge in [-0.3, -0.25) is 9.69 Å². The maximum absolute atomic E-state index is 13.0. The molecule has 0 aliphatic carbocycles. The molecule has 30 heavy (non-hydrogen) atoms. The summed E-state index contributed by atoms with van der Waals surface area (Å²) in [5, 5.41) is 8.24. The van der Waals surface area contributed by atoms with Crippen molar-refractivity contribution in [1.82, 2.24) is 15.5 Å². The van der Waals surface area contributed by atoms with Crippen molar-refractivity contribution < 1.29 is 9.53 Å². The maximum Gasteiger partial charge on any atom is 0.253 e. The van der Waals surface area contributed by atoms with Gasteiger partial charge in [0, 0.05) is 16.9 Å². The number of carbonyl (C=O) groups excluding carboxylic acids is 1. The third kappa shape index (κ3) is 5.69. The molecule has 0 fully saturated rings. The van der Waals surface area contributed by atoms with Crippen LogP contribution in [0.1, 0.15) is 27.8 Å². The van der Waals surface area contributed by atoms with Crippen LogP contribution in [-0.2, 0) is 0 Å². The third-order valence-electron chi connectivity index (χ3n) is 4.68. The highest BCUT2D eigenvalue weighted by Crippen LogP contribution is 2.37. The molecule has 1 aromatic heterocycles. The summed E-state index contributed by atoms with van der Waals surface area (Å²) in [5.74, 6) is 0.601. The number of hydrogen-bond donors (Lipinski definition) is 2. The van der Waals surface area contributed by atoms with E-state index in [0.717, 1.165) is 24.1 Å². The Kier molecular flexibility index (Phi) is 8.02. The zero-order chi connectivity index (χ0) is 21.3. The fourth-order valence-corrected chi connectivity index (χ4v) is 4.00. The predicted octanol–water partition coefficient (Wildman–Crippen LogP) is 4.39. The molecule has 1 amide bonds. The highest BCUT2D eigenvalue weighted by atomic mass is 32.1. The number of ether oxygens (including phenoxy) is 1. The van der Waals surface area contributed by atoms with Gasteiger partial charge in [-0.15, -0.1) is 11.3 Å². The lowest BCUT2D eigenvalue weighted by Crippen LogP contribution is -2.33. The van der Waals surface area contributed by atoms with Gasteiger partial charge in [0.15, 0.2) is 0 Å². The van der Waals surface area contributed by atoms with Gasteiger partial charge in [0.25, 0.3) is 5.91 Å². The van der Waals surface area contributed by atoms with Crippen LogP contribution in [0.2, 0.25) is 0 Å². The van der Waals surface area contributed by atoms with E-state index in [-0.39, 0.29) is 12.0 Å². The minimum atomic E-state index is -0.115. The van der Waals surface area contributed by atoms with Crippen LogP contribution in [0, 0.1) is 0 Å². The smallest absolute Gasteiger partial charge is 0.253 e. The molecule has 1 atom stereocenters. The predicted molar refractivity (Wildman–Crippen MR) is 124 cm³/mol. The van der Waals surface area contributed by atoms with Gasteiger partial charge in [-0.05, 0) is 56.8 Å².